The van der Waals surface area contributed by atoms with Crippen LogP contribution in [0.15, 0.2) is 18.2 Å². The molecular weight excluding hydrogens is 220 g/mol. The Balaban J connectivity index is 0.000000249. The minimum atomic E-state index is -0.745. The molecule has 0 amide bonds. The normalized spacial score (nSPS) is 13.1. The lowest BCUT2D eigenvalue weighted by Gasteiger charge is -2.18. The molecule has 1 aromatic rings. The smallest absolute Gasteiger partial charge is 0.303 e. The number of rotatable bonds is 2. The summed E-state index contributed by atoms with van der Waals surface area (Å²) in [6.45, 7) is 3.14. The van der Waals surface area contributed by atoms with Gasteiger partial charge in [-0.05, 0) is 18.1 Å². The molecule has 1 aromatic carbocycles. The Morgan fingerprint density at radius 1 is 1.53 bits per heavy atom. The Hall–Kier alpha value is -1.55. The van der Waals surface area contributed by atoms with Crippen molar-refractivity contribution in [2.24, 2.45) is 0 Å². The molecule has 4 nitrogen and oxygen atoms in total. The summed E-state index contributed by atoms with van der Waals surface area (Å²) in [6.07, 6.45) is 1.19. The van der Waals surface area contributed by atoms with Gasteiger partial charge in [0.2, 0.25) is 0 Å². The van der Waals surface area contributed by atoms with Gasteiger partial charge in [-0.2, -0.15) is 0 Å². The van der Waals surface area contributed by atoms with Gasteiger partial charge in [0.1, 0.15) is 5.75 Å². The van der Waals surface area contributed by atoms with Crippen LogP contribution in [0.1, 0.15) is 24.5 Å². The van der Waals surface area contributed by atoms with Crippen LogP contribution in [0.5, 0.6) is 5.75 Å². The largest absolute Gasteiger partial charge is 0.496 e. The molecule has 0 aromatic heterocycles. The summed E-state index contributed by atoms with van der Waals surface area (Å²) in [7, 11) is 1.71. The van der Waals surface area contributed by atoms with E-state index in [0.29, 0.717) is 0 Å². The van der Waals surface area contributed by atoms with E-state index in [2.05, 4.69) is 6.07 Å². The first-order chi connectivity index (χ1) is 8.19. The van der Waals surface area contributed by atoms with E-state index in [9.17, 15) is 4.79 Å². The van der Waals surface area contributed by atoms with E-state index in [1.165, 1.54) is 11.1 Å². The summed E-state index contributed by atoms with van der Waals surface area (Å²) in [4.78, 5) is 9.37. The number of hydrogen-bond donors (Lipinski definition) is 1. The maximum absolute atomic E-state index is 9.37. The standard InChI is InChI=1S/C10H12O2.C3H6O2/c1-11-10-4-2-3-8-7-12-6-5-9(8)10;1-2-3(4)5/h2-4H,5-7H2,1H3;2H2,1H3,(H,4,5). The monoisotopic (exact) mass is 238 g/mol. The fourth-order valence-corrected chi connectivity index (χ4v) is 1.58. The van der Waals surface area contributed by atoms with Crippen molar-refractivity contribution in [3.8, 4) is 5.75 Å². The highest BCUT2D eigenvalue weighted by Crippen LogP contribution is 2.26. The lowest BCUT2D eigenvalue weighted by Crippen LogP contribution is -2.10. The van der Waals surface area contributed by atoms with Gasteiger partial charge in [0, 0.05) is 12.0 Å². The lowest BCUT2D eigenvalue weighted by atomic mass is 10.0. The van der Waals surface area contributed by atoms with Crippen LogP contribution < -0.4 is 4.74 Å². The highest BCUT2D eigenvalue weighted by Gasteiger charge is 2.12. The number of carboxylic acid groups (broad SMARTS) is 1. The van der Waals surface area contributed by atoms with E-state index in [1.807, 2.05) is 12.1 Å². The van der Waals surface area contributed by atoms with Crippen LogP contribution in [0, 0.1) is 0 Å². The van der Waals surface area contributed by atoms with Gasteiger partial charge in [0.05, 0.1) is 20.3 Å². The SMILES string of the molecule is CCC(=O)O.COc1cccc2c1CCOC2. The van der Waals surface area contributed by atoms with Crippen LogP contribution >= 0.6 is 0 Å². The molecule has 0 fully saturated rings. The molecule has 0 spiro atoms. The van der Waals surface area contributed by atoms with Gasteiger partial charge in [-0.25, -0.2) is 0 Å². The van der Waals surface area contributed by atoms with Crippen molar-refractivity contribution in [2.45, 2.75) is 26.4 Å². The van der Waals surface area contributed by atoms with Crippen molar-refractivity contribution < 1.29 is 19.4 Å². The number of benzene rings is 1. The Labute approximate surface area is 101 Å². The number of aliphatic carboxylic acids is 1. The van der Waals surface area contributed by atoms with Crippen molar-refractivity contribution in [3.05, 3.63) is 29.3 Å². The quantitative estimate of drug-likeness (QED) is 0.858. The van der Waals surface area contributed by atoms with Gasteiger partial charge in [-0.15, -0.1) is 0 Å². The third kappa shape index (κ3) is 4.07. The average Bonchev–Trinajstić information content (AvgIpc) is 2.38. The number of fused-ring (bicyclic) bond motifs is 1. The Morgan fingerprint density at radius 2 is 2.24 bits per heavy atom. The number of hydrogen-bond acceptors (Lipinski definition) is 3. The molecule has 1 aliphatic rings. The fourth-order valence-electron chi connectivity index (χ4n) is 1.58. The van der Waals surface area contributed by atoms with Gasteiger partial charge >= 0.3 is 5.97 Å². The van der Waals surface area contributed by atoms with Crippen molar-refractivity contribution in [1.82, 2.24) is 0 Å². The molecule has 0 atom stereocenters. The van der Waals surface area contributed by atoms with Crippen LogP contribution in [-0.4, -0.2) is 24.8 Å². The first kappa shape index (κ1) is 13.5. The third-order valence-corrected chi connectivity index (χ3v) is 2.51. The van der Waals surface area contributed by atoms with Crippen molar-refractivity contribution in [3.63, 3.8) is 0 Å². The Bertz CT molecular complexity index is 359. The lowest BCUT2D eigenvalue weighted by molar-refractivity contribution is -0.136. The molecule has 0 saturated heterocycles. The molecule has 1 heterocycles. The molecule has 0 radical (unpaired) electrons. The number of carbonyl (C=O) groups is 1. The van der Waals surface area contributed by atoms with Crippen LogP contribution in [0.4, 0.5) is 0 Å². The van der Waals surface area contributed by atoms with E-state index in [1.54, 1.807) is 14.0 Å². The minimum absolute atomic E-state index is 0.222. The molecule has 0 bridgehead atoms. The summed E-state index contributed by atoms with van der Waals surface area (Å²) in [5, 5.41) is 7.72. The zero-order chi connectivity index (χ0) is 12.7. The molecule has 0 aliphatic carbocycles. The van der Waals surface area contributed by atoms with Gasteiger partial charge in [-0.3, -0.25) is 4.79 Å². The maximum Gasteiger partial charge on any atom is 0.303 e. The summed E-state index contributed by atoms with van der Waals surface area (Å²) in [5.41, 5.74) is 2.58. The minimum Gasteiger partial charge on any atom is -0.496 e. The zero-order valence-corrected chi connectivity index (χ0v) is 10.2. The van der Waals surface area contributed by atoms with Crippen LogP contribution in [0.2, 0.25) is 0 Å². The zero-order valence-electron chi connectivity index (χ0n) is 10.2. The molecule has 2 rings (SSSR count). The van der Waals surface area contributed by atoms with E-state index >= 15 is 0 Å². The molecule has 94 valence electrons. The van der Waals surface area contributed by atoms with Gasteiger partial charge < -0.3 is 14.6 Å². The number of ether oxygens (including phenoxy) is 2. The number of carboxylic acids is 1. The summed E-state index contributed by atoms with van der Waals surface area (Å²) in [6, 6.07) is 6.10. The van der Waals surface area contributed by atoms with E-state index < -0.39 is 5.97 Å². The molecule has 4 heteroatoms. The molecule has 17 heavy (non-hydrogen) atoms. The van der Waals surface area contributed by atoms with Crippen LogP contribution in [0.3, 0.4) is 0 Å². The van der Waals surface area contributed by atoms with Crippen LogP contribution in [-0.2, 0) is 22.6 Å². The summed E-state index contributed by atoms with van der Waals surface area (Å²) >= 11 is 0. The van der Waals surface area contributed by atoms with Gasteiger partial charge in [0.15, 0.2) is 0 Å². The Morgan fingerprint density at radius 3 is 2.82 bits per heavy atom. The van der Waals surface area contributed by atoms with E-state index in [0.717, 1.165) is 25.4 Å². The molecule has 1 N–H and O–H groups in total. The molecule has 0 unspecified atom stereocenters. The molecule has 0 saturated carbocycles. The second kappa shape index (κ2) is 6.91. The number of methoxy groups -OCH3 is 1. The Kier molecular flexibility index (Phi) is 5.49. The second-order valence-corrected chi connectivity index (χ2v) is 3.65. The van der Waals surface area contributed by atoms with Crippen molar-refractivity contribution in [1.29, 1.82) is 0 Å². The average molecular weight is 238 g/mol. The predicted molar refractivity (Wildman–Crippen MR) is 64.3 cm³/mol. The summed E-state index contributed by atoms with van der Waals surface area (Å²) < 4.78 is 10.6. The molecular formula is C13H18O4. The van der Waals surface area contributed by atoms with Crippen molar-refractivity contribution >= 4 is 5.97 Å². The van der Waals surface area contributed by atoms with Gasteiger partial charge in [0.25, 0.3) is 0 Å². The summed E-state index contributed by atoms with van der Waals surface area (Å²) in [5.74, 6) is 0.251. The fraction of sp³-hybridized carbons (Fsp3) is 0.462. The van der Waals surface area contributed by atoms with Crippen LogP contribution in [0.25, 0.3) is 0 Å². The topological polar surface area (TPSA) is 55.8 Å². The first-order valence-electron chi connectivity index (χ1n) is 5.63. The molecule has 1 aliphatic heterocycles. The highest BCUT2D eigenvalue weighted by atomic mass is 16.5. The van der Waals surface area contributed by atoms with E-state index in [-0.39, 0.29) is 6.42 Å². The first-order valence-corrected chi connectivity index (χ1v) is 5.63. The predicted octanol–water partition coefficient (Wildman–Crippen LogP) is 2.25. The maximum atomic E-state index is 9.37. The van der Waals surface area contributed by atoms with E-state index in [4.69, 9.17) is 14.6 Å². The second-order valence-electron chi connectivity index (χ2n) is 3.65. The van der Waals surface area contributed by atoms with Crippen molar-refractivity contribution in [2.75, 3.05) is 13.7 Å². The van der Waals surface area contributed by atoms with Gasteiger partial charge in [-0.1, -0.05) is 19.1 Å². The third-order valence-electron chi connectivity index (χ3n) is 2.51. The highest BCUT2D eigenvalue weighted by molar-refractivity contribution is 5.66.